The van der Waals surface area contributed by atoms with E-state index < -0.39 is 6.04 Å². The Labute approximate surface area is 193 Å². The number of carbonyl (C=O) groups excluding carboxylic acids is 1. The van der Waals surface area contributed by atoms with Gasteiger partial charge in [0.05, 0.1) is 37.3 Å². The van der Waals surface area contributed by atoms with Gasteiger partial charge in [-0.05, 0) is 29.8 Å². The third-order valence-electron chi connectivity index (χ3n) is 6.10. The molecule has 0 radical (unpaired) electrons. The standard InChI is InChI=1S/C24H23BrN2O5/c1-30-17-5-6-18-19(14-17)32-23-20(22(18)28)21(15-3-2-4-16(25)13-15)27(24(23)29)8-7-26-9-11-31-12-10-26/h2-6,13-14,21H,7-12H2,1H3/t21-/m1/s1. The quantitative estimate of drug-likeness (QED) is 0.536. The first kappa shape index (κ1) is 21.2. The van der Waals surface area contributed by atoms with Crippen molar-refractivity contribution >= 4 is 32.8 Å². The van der Waals surface area contributed by atoms with Crippen LogP contribution in [-0.2, 0) is 4.74 Å². The van der Waals surface area contributed by atoms with Crippen LogP contribution < -0.4 is 10.2 Å². The second-order valence-corrected chi connectivity index (χ2v) is 8.86. The van der Waals surface area contributed by atoms with E-state index in [-0.39, 0.29) is 17.1 Å². The number of hydrogen-bond donors (Lipinski definition) is 0. The monoisotopic (exact) mass is 498 g/mol. The molecular formula is C24H23BrN2O5. The SMILES string of the molecule is COc1ccc2c(=O)c3c(oc2c1)C(=O)N(CCN1CCOCC1)[C@@H]3c1cccc(Br)c1. The molecule has 1 amide bonds. The highest BCUT2D eigenvalue weighted by Gasteiger charge is 2.42. The number of hydrogen-bond acceptors (Lipinski definition) is 6. The number of methoxy groups -OCH3 is 1. The van der Waals surface area contributed by atoms with Crippen LogP contribution in [0.5, 0.6) is 5.75 Å². The largest absolute Gasteiger partial charge is 0.497 e. The van der Waals surface area contributed by atoms with Crippen molar-refractivity contribution in [2.24, 2.45) is 0 Å². The first-order valence-electron chi connectivity index (χ1n) is 10.6. The van der Waals surface area contributed by atoms with E-state index in [2.05, 4.69) is 20.8 Å². The lowest BCUT2D eigenvalue weighted by molar-refractivity contribution is 0.0314. The van der Waals surface area contributed by atoms with Gasteiger partial charge in [-0.25, -0.2) is 0 Å². The molecule has 8 heteroatoms. The van der Waals surface area contributed by atoms with Crippen LogP contribution in [-0.4, -0.2) is 62.2 Å². The molecule has 3 heterocycles. The molecule has 3 aromatic rings. The van der Waals surface area contributed by atoms with Crippen LogP contribution >= 0.6 is 15.9 Å². The Bertz CT molecular complexity index is 1230. The van der Waals surface area contributed by atoms with Gasteiger partial charge in [-0.15, -0.1) is 0 Å². The smallest absolute Gasteiger partial charge is 0.290 e. The maximum Gasteiger partial charge on any atom is 0.290 e. The number of fused-ring (bicyclic) bond motifs is 2. The van der Waals surface area contributed by atoms with Crippen LogP contribution in [0.25, 0.3) is 11.0 Å². The second kappa shape index (κ2) is 8.69. The summed E-state index contributed by atoms with van der Waals surface area (Å²) < 4.78 is 17.6. The molecule has 0 N–H and O–H groups in total. The molecule has 0 bridgehead atoms. The lowest BCUT2D eigenvalue weighted by Gasteiger charge is -2.31. The number of morpholine rings is 1. The topological polar surface area (TPSA) is 72.2 Å². The van der Waals surface area contributed by atoms with Gasteiger partial charge in [0, 0.05) is 36.7 Å². The average Bonchev–Trinajstić information content (AvgIpc) is 3.10. The van der Waals surface area contributed by atoms with Gasteiger partial charge in [0.25, 0.3) is 5.91 Å². The van der Waals surface area contributed by atoms with Gasteiger partial charge in [-0.1, -0.05) is 28.1 Å². The number of halogens is 1. The summed E-state index contributed by atoms with van der Waals surface area (Å²) in [5.74, 6) is 0.418. The molecule has 166 valence electrons. The summed E-state index contributed by atoms with van der Waals surface area (Å²) >= 11 is 3.52. The van der Waals surface area contributed by atoms with Crippen molar-refractivity contribution in [2.45, 2.75) is 6.04 Å². The molecule has 2 aliphatic rings. The fourth-order valence-electron chi connectivity index (χ4n) is 4.45. The molecule has 0 aliphatic carbocycles. The highest BCUT2D eigenvalue weighted by Crippen LogP contribution is 2.39. The van der Waals surface area contributed by atoms with E-state index >= 15 is 0 Å². The second-order valence-electron chi connectivity index (χ2n) is 7.95. The number of nitrogens with zero attached hydrogens (tertiary/aromatic N) is 2. The number of ether oxygens (including phenoxy) is 2. The fourth-order valence-corrected chi connectivity index (χ4v) is 4.87. The lowest BCUT2D eigenvalue weighted by atomic mass is 9.98. The summed E-state index contributed by atoms with van der Waals surface area (Å²) in [7, 11) is 1.55. The van der Waals surface area contributed by atoms with E-state index in [4.69, 9.17) is 13.9 Å². The van der Waals surface area contributed by atoms with Crippen molar-refractivity contribution in [1.82, 2.24) is 9.80 Å². The molecule has 5 rings (SSSR count). The first-order valence-corrected chi connectivity index (χ1v) is 11.4. The Morgan fingerprint density at radius 3 is 2.66 bits per heavy atom. The van der Waals surface area contributed by atoms with E-state index in [0.717, 1.165) is 23.1 Å². The minimum absolute atomic E-state index is 0.114. The molecular weight excluding hydrogens is 476 g/mol. The van der Waals surface area contributed by atoms with Crippen molar-refractivity contribution in [1.29, 1.82) is 0 Å². The number of carbonyl (C=O) groups is 1. The van der Waals surface area contributed by atoms with Gasteiger partial charge in [0.15, 0.2) is 5.43 Å². The van der Waals surface area contributed by atoms with E-state index in [1.54, 1.807) is 30.2 Å². The third-order valence-corrected chi connectivity index (χ3v) is 6.59. The van der Waals surface area contributed by atoms with E-state index in [9.17, 15) is 9.59 Å². The summed E-state index contributed by atoms with van der Waals surface area (Å²) in [5.41, 5.74) is 1.43. The van der Waals surface area contributed by atoms with Gasteiger partial charge in [0.1, 0.15) is 11.3 Å². The normalized spacial score (nSPS) is 18.9. The molecule has 32 heavy (non-hydrogen) atoms. The molecule has 2 aromatic carbocycles. The average molecular weight is 499 g/mol. The molecule has 1 atom stereocenters. The van der Waals surface area contributed by atoms with Crippen LogP contribution in [0.4, 0.5) is 0 Å². The van der Waals surface area contributed by atoms with Crippen LogP contribution in [0.15, 0.2) is 56.1 Å². The van der Waals surface area contributed by atoms with Crippen LogP contribution in [0.3, 0.4) is 0 Å². The van der Waals surface area contributed by atoms with Gasteiger partial charge in [-0.3, -0.25) is 14.5 Å². The first-order chi connectivity index (χ1) is 15.6. The Hall–Kier alpha value is -2.68. The highest BCUT2D eigenvalue weighted by atomic mass is 79.9. The van der Waals surface area contributed by atoms with Gasteiger partial charge in [0.2, 0.25) is 5.76 Å². The number of amides is 1. The van der Waals surface area contributed by atoms with Crippen LogP contribution in [0, 0.1) is 0 Å². The molecule has 0 unspecified atom stereocenters. The van der Waals surface area contributed by atoms with E-state index in [1.165, 1.54) is 0 Å². The predicted octanol–water partition coefficient (Wildman–Crippen LogP) is 3.44. The maximum atomic E-state index is 13.6. The summed E-state index contributed by atoms with van der Waals surface area (Å²) in [5, 5.41) is 0.437. The summed E-state index contributed by atoms with van der Waals surface area (Å²) in [6.07, 6.45) is 0. The zero-order valence-electron chi connectivity index (χ0n) is 17.7. The number of benzene rings is 2. The zero-order valence-corrected chi connectivity index (χ0v) is 19.3. The molecule has 7 nitrogen and oxygen atoms in total. The van der Waals surface area contributed by atoms with E-state index in [0.29, 0.717) is 48.6 Å². The lowest BCUT2D eigenvalue weighted by Crippen LogP contribution is -2.42. The van der Waals surface area contributed by atoms with Gasteiger partial charge in [-0.2, -0.15) is 0 Å². The van der Waals surface area contributed by atoms with Crippen molar-refractivity contribution in [3.8, 4) is 5.75 Å². The zero-order chi connectivity index (χ0) is 22.2. The minimum atomic E-state index is -0.501. The Balaban J connectivity index is 1.61. The van der Waals surface area contributed by atoms with Gasteiger partial charge < -0.3 is 18.8 Å². The Morgan fingerprint density at radius 1 is 1.09 bits per heavy atom. The molecule has 2 aliphatic heterocycles. The van der Waals surface area contributed by atoms with Crippen LogP contribution in [0.2, 0.25) is 0 Å². The molecule has 0 spiro atoms. The molecule has 0 saturated carbocycles. The van der Waals surface area contributed by atoms with Gasteiger partial charge >= 0.3 is 0 Å². The van der Waals surface area contributed by atoms with Crippen LogP contribution in [0.1, 0.15) is 27.7 Å². The fraction of sp³-hybridized carbons (Fsp3) is 0.333. The predicted molar refractivity (Wildman–Crippen MR) is 123 cm³/mol. The number of rotatable bonds is 5. The van der Waals surface area contributed by atoms with Crippen molar-refractivity contribution in [3.05, 3.63) is 74.0 Å². The Morgan fingerprint density at radius 2 is 1.91 bits per heavy atom. The van der Waals surface area contributed by atoms with Crippen molar-refractivity contribution in [2.75, 3.05) is 46.5 Å². The van der Waals surface area contributed by atoms with Crippen molar-refractivity contribution in [3.63, 3.8) is 0 Å². The molecule has 1 saturated heterocycles. The summed E-state index contributed by atoms with van der Waals surface area (Å²) in [4.78, 5) is 31.1. The molecule has 1 aromatic heterocycles. The van der Waals surface area contributed by atoms with E-state index in [1.807, 2.05) is 24.3 Å². The summed E-state index contributed by atoms with van der Waals surface area (Å²) in [6.45, 7) is 4.23. The maximum absolute atomic E-state index is 13.6. The van der Waals surface area contributed by atoms with Crippen molar-refractivity contribution < 1.29 is 18.7 Å². The Kier molecular flexibility index (Phi) is 5.75. The molecule has 1 fully saturated rings. The minimum Gasteiger partial charge on any atom is -0.497 e. The summed E-state index contributed by atoms with van der Waals surface area (Å²) in [6, 6.07) is 12.3. The highest BCUT2D eigenvalue weighted by molar-refractivity contribution is 9.10. The third kappa shape index (κ3) is 3.72.